The maximum Gasteiger partial charge on any atom is 0.309 e. The van der Waals surface area contributed by atoms with Crippen LogP contribution >= 0.6 is 0 Å². The SMILES string of the molecule is COCO[C@@H]1CC(C(=O)OC)[C@]1(C)CC(C)=O. The number of carbonyl (C=O) groups excluding carboxylic acids is 2. The molecule has 0 spiro atoms. The Morgan fingerprint density at radius 3 is 2.47 bits per heavy atom. The van der Waals surface area contributed by atoms with Crippen molar-refractivity contribution in [2.75, 3.05) is 21.0 Å². The molecule has 98 valence electrons. The highest BCUT2D eigenvalue weighted by molar-refractivity contribution is 5.80. The molecular formula is C12H20O5. The van der Waals surface area contributed by atoms with Gasteiger partial charge in [-0.2, -0.15) is 0 Å². The summed E-state index contributed by atoms with van der Waals surface area (Å²) in [7, 11) is 2.90. The van der Waals surface area contributed by atoms with Crippen molar-refractivity contribution in [3.8, 4) is 0 Å². The summed E-state index contributed by atoms with van der Waals surface area (Å²) in [4.78, 5) is 22.9. The number of rotatable bonds is 6. The van der Waals surface area contributed by atoms with Crippen LogP contribution in [0.15, 0.2) is 0 Å². The van der Waals surface area contributed by atoms with E-state index in [2.05, 4.69) is 0 Å². The molecule has 1 aliphatic rings. The second-order valence-electron chi connectivity index (χ2n) is 4.76. The van der Waals surface area contributed by atoms with E-state index in [0.29, 0.717) is 12.8 Å². The molecule has 0 aliphatic heterocycles. The zero-order valence-electron chi connectivity index (χ0n) is 10.8. The van der Waals surface area contributed by atoms with Gasteiger partial charge >= 0.3 is 5.97 Å². The maximum absolute atomic E-state index is 11.6. The molecule has 1 unspecified atom stereocenters. The Morgan fingerprint density at radius 1 is 1.35 bits per heavy atom. The van der Waals surface area contributed by atoms with Crippen molar-refractivity contribution in [3.05, 3.63) is 0 Å². The molecule has 0 aromatic rings. The minimum Gasteiger partial charge on any atom is -0.469 e. The molecular weight excluding hydrogens is 224 g/mol. The predicted octanol–water partition coefficient (Wildman–Crippen LogP) is 1.15. The van der Waals surface area contributed by atoms with Gasteiger partial charge in [0.25, 0.3) is 0 Å². The van der Waals surface area contributed by atoms with Crippen molar-refractivity contribution in [2.24, 2.45) is 11.3 Å². The quantitative estimate of drug-likeness (QED) is 0.518. The van der Waals surface area contributed by atoms with E-state index in [1.165, 1.54) is 14.0 Å². The van der Waals surface area contributed by atoms with Gasteiger partial charge in [0.2, 0.25) is 0 Å². The molecule has 0 saturated heterocycles. The first-order chi connectivity index (χ1) is 7.95. The Labute approximate surface area is 101 Å². The number of methoxy groups -OCH3 is 2. The molecule has 0 amide bonds. The smallest absolute Gasteiger partial charge is 0.309 e. The third-order valence-electron chi connectivity index (χ3n) is 3.48. The Bertz CT molecular complexity index is 301. The van der Waals surface area contributed by atoms with Gasteiger partial charge in [0.1, 0.15) is 12.6 Å². The van der Waals surface area contributed by atoms with Gasteiger partial charge < -0.3 is 19.0 Å². The van der Waals surface area contributed by atoms with E-state index >= 15 is 0 Å². The molecule has 0 bridgehead atoms. The van der Waals surface area contributed by atoms with Crippen LogP contribution in [0.5, 0.6) is 0 Å². The van der Waals surface area contributed by atoms with Crippen LogP contribution < -0.4 is 0 Å². The van der Waals surface area contributed by atoms with Gasteiger partial charge in [-0.25, -0.2) is 0 Å². The van der Waals surface area contributed by atoms with Crippen LogP contribution in [0.3, 0.4) is 0 Å². The van der Waals surface area contributed by atoms with E-state index in [1.54, 1.807) is 7.11 Å². The van der Waals surface area contributed by atoms with Crippen LogP contribution in [-0.4, -0.2) is 38.9 Å². The number of ketones is 1. The van der Waals surface area contributed by atoms with Gasteiger partial charge in [0, 0.05) is 18.9 Å². The average Bonchev–Trinajstić information content (AvgIpc) is 2.26. The number of ether oxygens (including phenoxy) is 3. The molecule has 3 atom stereocenters. The van der Waals surface area contributed by atoms with Gasteiger partial charge in [0.15, 0.2) is 0 Å². The molecule has 0 N–H and O–H groups in total. The van der Waals surface area contributed by atoms with E-state index in [9.17, 15) is 9.59 Å². The first kappa shape index (κ1) is 14.1. The Kier molecular flexibility index (Phi) is 4.65. The summed E-state index contributed by atoms with van der Waals surface area (Å²) < 4.78 is 15.1. The van der Waals surface area contributed by atoms with Gasteiger partial charge in [-0.3, -0.25) is 4.79 Å². The topological polar surface area (TPSA) is 61.8 Å². The highest BCUT2D eigenvalue weighted by atomic mass is 16.7. The van der Waals surface area contributed by atoms with E-state index in [1.807, 2.05) is 6.92 Å². The number of esters is 1. The summed E-state index contributed by atoms with van der Waals surface area (Å²) in [6.45, 7) is 3.58. The molecule has 1 saturated carbocycles. The molecule has 17 heavy (non-hydrogen) atoms. The molecule has 5 nitrogen and oxygen atoms in total. The third-order valence-corrected chi connectivity index (χ3v) is 3.48. The summed E-state index contributed by atoms with van der Waals surface area (Å²) in [5.74, 6) is -0.489. The Balaban J connectivity index is 2.71. The zero-order chi connectivity index (χ0) is 13.1. The summed E-state index contributed by atoms with van der Waals surface area (Å²) >= 11 is 0. The lowest BCUT2D eigenvalue weighted by Gasteiger charge is -2.51. The highest BCUT2D eigenvalue weighted by Gasteiger charge is 2.56. The minimum absolute atomic E-state index is 0.0483. The summed E-state index contributed by atoms with van der Waals surface area (Å²) in [5, 5.41) is 0. The number of Topliss-reactive ketones (excluding diaryl/α,β-unsaturated/α-hetero) is 1. The summed E-state index contributed by atoms with van der Waals surface area (Å²) in [6, 6.07) is 0. The number of hydrogen-bond acceptors (Lipinski definition) is 5. The predicted molar refractivity (Wildman–Crippen MR) is 60.3 cm³/mol. The lowest BCUT2D eigenvalue weighted by atomic mass is 9.56. The number of carbonyl (C=O) groups is 2. The second kappa shape index (κ2) is 5.60. The molecule has 0 aromatic carbocycles. The monoisotopic (exact) mass is 244 g/mol. The highest BCUT2D eigenvalue weighted by Crippen LogP contribution is 2.51. The van der Waals surface area contributed by atoms with Gasteiger partial charge in [-0.15, -0.1) is 0 Å². The minimum atomic E-state index is -0.475. The molecule has 1 aliphatic carbocycles. The molecule has 1 rings (SSSR count). The first-order valence-electron chi connectivity index (χ1n) is 5.63. The molecule has 5 heteroatoms. The lowest BCUT2D eigenvalue weighted by Crippen LogP contribution is -2.56. The fraction of sp³-hybridized carbons (Fsp3) is 0.833. The second-order valence-corrected chi connectivity index (χ2v) is 4.76. The molecule has 1 fully saturated rings. The van der Waals surface area contributed by atoms with E-state index < -0.39 is 5.41 Å². The standard InChI is InChI=1S/C12H20O5/c1-8(13)6-12(2)9(11(14)16-4)5-10(12)17-7-15-3/h9-10H,5-7H2,1-4H3/t9?,10-,12+/m1/s1. The first-order valence-corrected chi connectivity index (χ1v) is 5.63. The van der Waals surface area contributed by atoms with Crippen LogP contribution in [0.25, 0.3) is 0 Å². The van der Waals surface area contributed by atoms with Crippen LogP contribution in [0, 0.1) is 11.3 Å². The lowest BCUT2D eigenvalue weighted by molar-refractivity contribution is -0.206. The Morgan fingerprint density at radius 2 is 2.00 bits per heavy atom. The molecule has 0 aromatic heterocycles. The van der Waals surface area contributed by atoms with Crippen molar-refractivity contribution >= 4 is 11.8 Å². The Hall–Kier alpha value is -0.940. The van der Waals surface area contributed by atoms with Crippen molar-refractivity contribution in [1.29, 1.82) is 0 Å². The van der Waals surface area contributed by atoms with Crippen molar-refractivity contribution in [2.45, 2.75) is 32.8 Å². The maximum atomic E-state index is 11.6. The summed E-state index contributed by atoms with van der Waals surface area (Å²) in [5.41, 5.74) is -0.475. The van der Waals surface area contributed by atoms with Crippen LogP contribution in [-0.2, 0) is 23.8 Å². The zero-order valence-corrected chi connectivity index (χ0v) is 10.8. The van der Waals surface area contributed by atoms with E-state index in [0.717, 1.165) is 0 Å². The normalized spacial score (nSPS) is 31.8. The fourth-order valence-electron chi connectivity index (χ4n) is 2.51. The number of hydrogen-bond donors (Lipinski definition) is 0. The fourth-order valence-corrected chi connectivity index (χ4v) is 2.51. The van der Waals surface area contributed by atoms with Gasteiger partial charge in [-0.1, -0.05) is 6.92 Å². The third kappa shape index (κ3) is 2.84. The average molecular weight is 244 g/mol. The van der Waals surface area contributed by atoms with Crippen LogP contribution in [0.2, 0.25) is 0 Å². The van der Waals surface area contributed by atoms with Gasteiger partial charge in [-0.05, 0) is 13.3 Å². The van der Waals surface area contributed by atoms with Crippen LogP contribution in [0.1, 0.15) is 26.7 Å². The molecule has 0 heterocycles. The van der Waals surface area contributed by atoms with Crippen molar-refractivity contribution in [3.63, 3.8) is 0 Å². The molecule has 0 radical (unpaired) electrons. The largest absolute Gasteiger partial charge is 0.469 e. The van der Waals surface area contributed by atoms with E-state index in [4.69, 9.17) is 14.2 Å². The van der Waals surface area contributed by atoms with E-state index in [-0.39, 0.29) is 30.6 Å². The van der Waals surface area contributed by atoms with Gasteiger partial charge in [0.05, 0.1) is 19.1 Å². The van der Waals surface area contributed by atoms with Crippen LogP contribution in [0.4, 0.5) is 0 Å². The summed E-state index contributed by atoms with van der Waals surface area (Å²) in [6.07, 6.45) is 0.775. The van der Waals surface area contributed by atoms with Crippen molar-refractivity contribution < 1.29 is 23.8 Å². The van der Waals surface area contributed by atoms with Crippen molar-refractivity contribution in [1.82, 2.24) is 0 Å².